The normalized spacial score (nSPS) is 16.9. The van der Waals surface area contributed by atoms with Gasteiger partial charge in [-0.05, 0) is 31.2 Å². The summed E-state index contributed by atoms with van der Waals surface area (Å²) < 4.78 is 0. The van der Waals surface area contributed by atoms with Crippen LogP contribution in [-0.2, 0) is 0 Å². The van der Waals surface area contributed by atoms with Gasteiger partial charge in [0.05, 0.1) is 0 Å². The van der Waals surface area contributed by atoms with Gasteiger partial charge in [-0.15, -0.1) is 0 Å². The van der Waals surface area contributed by atoms with E-state index in [2.05, 4.69) is 22.0 Å². The number of piperazine rings is 1. The van der Waals surface area contributed by atoms with Crippen molar-refractivity contribution in [2.75, 3.05) is 51.5 Å². The van der Waals surface area contributed by atoms with Crippen LogP contribution in [0.5, 0.6) is 0 Å². The molecule has 1 aliphatic heterocycles. The molecule has 0 spiro atoms. The smallest absolute Gasteiger partial charge is 0.251 e. The molecule has 0 unspecified atom stereocenters. The van der Waals surface area contributed by atoms with Crippen molar-refractivity contribution >= 4 is 11.6 Å². The van der Waals surface area contributed by atoms with Crippen LogP contribution in [0, 0.1) is 6.92 Å². The van der Waals surface area contributed by atoms with Crippen LogP contribution < -0.4 is 11.1 Å². The lowest BCUT2D eigenvalue weighted by Gasteiger charge is -2.33. The molecule has 116 valence electrons. The second kappa shape index (κ2) is 7.43. The van der Waals surface area contributed by atoms with Crippen LogP contribution in [0.3, 0.4) is 0 Å². The van der Waals surface area contributed by atoms with Crippen LogP contribution in [0.2, 0.25) is 0 Å². The van der Waals surface area contributed by atoms with E-state index in [-0.39, 0.29) is 5.91 Å². The number of amides is 1. The molecule has 21 heavy (non-hydrogen) atoms. The minimum absolute atomic E-state index is 0.0352. The quantitative estimate of drug-likeness (QED) is 0.793. The highest BCUT2D eigenvalue weighted by molar-refractivity contribution is 5.96. The van der Waals surface area contributed by atoms with Crippen molar-refractivity contribution in [1.29, 1.82) is 0 Å². The Morgan fingerprint density at radius 3 is 2.57 bits per heavy atom. The Balaban J connectivity index is 1.76. The number of aryl methyl sites for hydroxylation is 1. The van der Waals surface area contributed by atoms with E-state index in [4.69, 9.17) is 5.73 Å². The molecule has 1 fully saturated rings. The van der Waals surface area contributed by atoms with Gasteiger partial charge in [0.2, 0.25) is 0 Å². The molecule has 0 aliphatic carbocycles. The van der Waals surface area contributed by atoms with Gasteiger partial charge >= 0.3 is 0 Å². The monoisotopic (exact) mass is 290 g/mol. The van der Waals surface area contributed by atoms with E-state index in [1.165, 1.54) is 0 Å². The Bertz CT molecular complexity index is 481. The van der Waals surface area contributed by atoms with Crippen LogP contribution in [0.15, 0.2) is 18.2 Å². The molecule has 0 radical (unpaired) electrons. The largest absolute Gasteiger partial charge is 0.399 e. The van der Waals surface area contributed by atoms with Gasteiger partial charge in [0.1, 0.15) is 0 Å². The summed E-state index contributed by atoms with van der Waals surface area (Å²) in [7, 11) is 0. The zero-order valence-corrected chi connectivity index (χ0v) is 13.1. The summed E-state index contributed by atoms with van der Waals surface area (Å²) in [6.07, 6.45) is 0. The Kier molecular flexibility index (Phi) is 5.59. The number of anilines is 1. The number of hydrogen-bond acceptors (Lipinski definition) is 4. The molecule has 0 saturated carbocycles. The molecular weight excluding hydrogens is 264 g/mol. The SMILES string of the molecule is CCN1CCN(CCNC(=O)c2cc(N)ccc2C)CC1. The Morgan fingerprint density at radius 2 is 1.90 bits per heavy atom. The lowest BCUT2D eigenvalue weighted by atomic mass is 10.1. The van der Waals surface area contributed by atoms with E-state index in [9.17, 15) is 4.79 Å². The van der Waals surface area contributed by atoms with E-state index in [1.54, 1.807) is 6.07 Å². The molecule has 0 bridgehead atoms. The minimum atomic E-state index is -0.0352. The standard InChI is InChI=1S/C16H26N4O/c1-3-19-8-10-20(11-9-19)7-6-18-16(21)15-12-14(17)5-4-13(15)2/h4-5,12H,3,6-11,17H2,1-2H3,(H,18,21). The molecule has 1 heterocycles. The molecule has 1 aromatic rings. The van der Waals surface area contributed by atoms with Crippen molar-refractivity contribution < 1.29 is 4.79 Å². The Labute approximate surface area is 127 Å². The number of nitrogens with one attached hydrogen (secondary N) is 1. The van der Waals surface area contributed by atoms with E-state index in [0.29, 0.717) is 17.8 Å². The Hall–Kier alpha value is -1.59. The average molecular weight is 290 g/mol. The van der Waals surface area contributed by atoms with E-state index in [1.807, 2.05) is 19.1 Å². The van der Waals surface area contributed by atoms with E-state index in [0.717, 1.165) is 44.8 Å². The van der Waals surface area contributed by atoms with Gasteiger partial charge in [-0.3, -0.25) is 9.69 Å². The molecule has 2 rings (SSSR count). The third kappa shape index (κ3) is 4.44. The predicted octanol–water partition coefficient (Wildman–Crippen LogP) is 0.945. The molecular formula is C16H26N4O. The number of benzene rings is 1. The van der Waals surface area contributed by atoms with Crippen molar-refractivity contribution in [1.82, 2.24) is 15.1 Å². The first-order valence-corrected chi connectivity index (χ1v) is 7.69. The summed E-state index contributed by atoms with van der Waals surface area (Å²) in [5, 5.41) is 2.99. The molecule has 1 aliphatic rings. The molecule has 1 aromatic carbocycles. The highest BCUT2D eigenvalue weighted by atomic mass is 16.1. The molecule has 1 saturated heterocycles. The summed E-state index contributed by atoms with van der Waals surface area (Å²) >= 11 is 0. The zero-order chi connectivity index (χ0) is 15.2. The minimum Gasteiger partial charge on any atom is -0.399 e. The number of nitrogens with two attached hydrogens (primary N) is 1. The van der Waals surface area contributed by atoms with E-state index >= 15 is 0 Å². The van der Waals surface area contributed by atoms with Crippen molar-refractivity contribution in [3.63, 3.8) is 0 Å². The summed E-state index contributed by atoms with van der Waals surface area (Å²) in [6.45, 7) is 11.3. The topological polar surface area (TPSA) is 61.6 Å². The first kappa shape index (κ1) is 15.8. The zero-order valence-electron chi connectivity index (χ0n) is 13.1. The van der Waals surface area contributed by atoms with Gasteiger partial charge in [0.15, 0.2) is 0 Å². The second-order valence-electron chi connectivity index (χ2n) is 5.61. The maximum absolute atomic E-state index is 12.2. The molecule has 5 heteroatoms. The lowest BCUT2D eigenvalue weighted by Crippen LogP contribution is -2.48. The van der Waals surface area contributed by atoms with Crippen LogP contribution >= 0.6 is 0 Å². The van der Waals surface area contributed by atoms with E-state index < -0.39 is 0 Å². The molecule has 1 amide bonds. The highest BCUT2D eigenvalue weighted by Crippen LogP contribution is 2.12. The van der Waals surface area contributed by atoms with Crippen LogP contribution in [0.4, 0.5) is 5.69 Å². The average Bonchev–Trinajstić information content (AvgIpc) is 2.50. The number of rotatable bonds is 5. The molecule has 3 N–H and O–H groups in total. The summed E-state index contributed by atoms with van der Waals surface area (Å²) in [5.74, 6) is -0.0352. The molecule has 5 nitrogen and oxygen atoms in total. The van der Waals surface area contributed by atoms with Crippen molar-refractivity contribution in [3.05, 3.63) is 29.3 Å². The first-order valence-electron chi connectivity index (χ1n) is 7.69. The number of carbonyl (C=O) groups excluding carboxylic acids is 1. The van der Waals surface area contributed by atoms with Gasteiger partial charge in [0.25, 0.3) is 5.91 Å². The van der Waals surface area contributed by atoms with Crippen molar-refractivity contribution in [3.8, 4) is 0 Å². The maximum Gasteiger partial charge on any atom is 0.251 e. The fourth-order valence-electron chi connectivity index (χ4n) is 2.64. The number of likely N-dealkylation sites (N-methyl/N-ethyl adjacent to an activating group) is 1. The van der Waals surface area contributed by atoms with Gasteiger partial charge in [-0.1, -0.05) is 13.0 Å². The van der Waals surface area contributed by atoms with Crippen LogP contribution in [-0.4, -0.2) is 61.5 Å². The molecule has 0 aromatic heterocycles. The first-order chi connectivity index (χ1) is 10.1. The third-order valence-corrected chi connectivity index (χ3v) is 4.13. The summed E-state index contributed by atoms with van der Waals surface area (Å²) in [5.41, 5.74) is 8.00. The predicted molar refractivity (Wildman–Crippen MR) is 86.5 cm³/mol. The second-order valence-corrected chi connectivity index (χ2v) is 5.61. The van der Waals surface area contributed by atoms with Gasteiger partial charge in [-0.2, -0.15) is 0 Å². The summed E-state index contributed by atoms with van der Waals surface area (Å²) in [4.78, 5) is 17.0. The van der Waals surface area contributed by atoms with Crippen LogP contribution in [0.25, 0.3) is 0 Å². The summed E-state index contributed by atoms with van der Waals surface area (Å²) in [6, 6.07) is 5.44. The van der Waals surface area contributed by atoms with Crippen molar-refractivity contribution in [2.45, 2.75) is 13.8 Å². The maximum atomic E-state index is 12.2. The van der Waals surface area contributed by atoms with Gasteiger partial charge < -0.3 is 16.0 Å². The van der Waals surface area contributed by atoms with Crippen molar-refractivity contribution in [2.24, 2.45) is 0 Å². The van der Waals surface area contributed by atoms with Gasteiger partial charge in [-0.25, -0.2) is 0 Å². The van der Waals surface area contributed by atoms with Crippen LogP contribution in [0.1, 0.15) is 22.8 Å². The highest BCUT2D eigenvalue weighted by Gasteiger charge is 2.15. The van der Waals surface area contributed by atoms with Gasteiger partial charge in [0, 0.05) is 50.5 Å². The lowest BCUT2D eigenvalue weighted by molar-refractivity contribution is 0.0937. The Morgan fingerprint density at radius 1 is 1.24 bits per heavy atom. The third-order valence-electron chi connectivity index (χ3n) is 4.13. The number of carbonyl (C=O) groups is 1. The number of nitrogen functional groups attached to an aromatic ring is 1. The fourth-order valence-corrected chi connectivity index (χ4v) is 2.64. The number of hydrogen-bond donors (Lipinski definition) is 2. The molecule has 0 atom stereocenters. The number of nitrogens with zero attached hydrogens (tertiary/aromatic N) is 2. The fraction of sp³-hybridized carbons (Fsp3) is 0.562.